The van der Waals surface area contributed by atoms with E-state index in [-0.39, 0.29) is 11.9 Å². The van der Waals surface area contributed by atoms with Crippen molar-refractivity contribution in [2.75, 3.05) is 20.3 Å². The summed E-state index contributed by atoms with van der Waals surface area (Å²) in [7, 11) is 1.61. The number of rotatable bonds is 8. The molecule has 6 nitrogen and oxygen atoms in total. The number of benzene rings is 2. The largest absolute Gasteiger partial charge is 0.497 e. The van der Waals surface area contributed by atoms with E-state index >= 15 is 0 Å². The number of amides is 1. The van der Waals surface area contributed by atoms with E-state index in [0.29, 0.717) is 36.1 Å². The maximum absolute atomic E-state index is 12.9. The molecule has 0 spiro atoms. The SMILES string of the molecule is CCOc1ccc(C(C)NC(=O)c2oc3ccc(OC)cc3c2C)cc1OCC. The van der Waals surface area contributed by atoms with Gasteiger partial charge in [-0.3, -0.25) is 4.79 Å². The van der Waals surface area contributed by atoms with Crippen LogP contribution in [0.2, 0.25) is 0 Å². The quantitative estimate of drug-likeness (QED) is 0.577. The fourth-order valence-electron chi connectivity index (χ4n) is 3.23. The van der Waals surface area contributed by atoms with Crippen molar-refractivity contribution in [3.8, 4) is 17.2 Å². The Morgan fingerprint density at radius 1 is 1.07 bits per heavy atom. The van der Waals surface area contributed by atoms with Crippen LogP contribution in [0.25, 0.3) is 11.0 Å². The van der Waals surface area contributed by atoms with Crippen LogP contribution in [0, 0.1) is 6.92 Å². The van der Waals surface area contributed by atoms with Crippen molar-refractivity contribution in [1.82, 2.24) is 5.32 Å². The van der Waals surface area contributed by atoms with Crippen LogP contribution in [-0.2, 0) is 0 Å². The number of hydrogen-bond donors (Lipinski definition) is 1. The number of furan rings is 1. The Balaban J connectivity index is 1.82. The fraction of sp³-hybridized carbons (Fsp3) is 0.348. The first-order valence-corrected chi connectivity index (χ1v) is 9.76. The highest BCUT2D eigenvalue weighted by molar-refractivity contribution is 5.99. The summed E-state index contributed by atoms with van der Waals surface area (Å²) in [4.78, 5) is 12.9. The monoisotopic (exact) mass is 397 g/mol. The predicted octanol–water partition coefficient (Wildman–Crippen LogP) is 5.04. The topological polar surface area (TPSA) is 69.9 Å². The van der Waals surface area contributed by atoms with Gasteiger partial charge in [-0.25, -0.2) is 0 Å². The van der Waals surface area contributed by atoms with Gasteiger partial charge in [0.05, 0.1) is 26.4 Å². The van der Waals surface area contributed by atoms with E-state index in [2.05, 4.69) is 5.32 Å². The molecule has 3 aromatic rings. The van der Waals surface area contributed by atoms with E-state index in [0.717, 1.165) is 22.3 Å². The molecule has 0 aliphatic heterocycles. The summed E-state index contributed by atoms with van der Waals surface area (Å²) >= 11 is 0. The molecule has 1 heterocycles. The summed E-state index contributed by atoms with van der Waals surface area (Å²) in [5.74, 6) is 2.12. The van der Waals surface area contributed by atoms with Crippen LogP contribution in [0.4, 0.5) is 0 Å². The minimum atomic E-state index is -0.267. The lowest BCUT2D eigenvalue weighted by Crippen LogP contribution is -2.26. The number of methoxy groups -OCH3 is 1. The Morgan fingerprint density at radius 3 is 2.48 bits per heavy atom. The van der Waals surface area contributed by atoms with Gasteiger partial charge in [0.2, 0.25) is 0 Å². The van der Waals surface area contributed by atoms with Crippen LogP contribution in [0.1, 0.15) is 48.5 Å². The Labute approximate surface area is 170 Å². The van der Waals surface area contributed by atoms with E-state index in [4.69, 9.17) is 18.6 Å². The number of fused-ring (bicyclic) bond motifs is 1. The van der Waals surface area contributed by atoms with Gasteiger partial charge < -0.3 is 23.9 Å². The number of carbonyl (C=O) groups is 1. The zero-order valence-corrected chi connectivity index (χ0v) is 17.5. The summed E-state index contributed by atoms with van der Waals surface area (Å²) in [6.07, 6.45) is 0. The molecule has 0 radical (unpaired) electrons. The highest BCUT2D eigenvalue weighted by atomic mass is 16.5. The number of hydrogen-bond acceptors (Lipinski definition) is 5. The molecule has 0 fully saturated rings. The molecular formula is C23H27NO5. The third-order valence-electron chi connectivity index (χ3n) is 4.76. The molecule has 0 bridgehead atoms. The lowest BCUT2D eigenvalue weighted by atomic mass is 10.1. The molecule has 0 aliphatic carbocycles. The Hall–Kier alpha value is -3.15. The summed E-state index contributed by atoms with van der Waals surface area (Å²) in [6, 6.07) is 10.9. The zero-order valence-electron chi connectivity index (χ0n) is 17.5. The molecule has 1 atom stereocenters. The van der Waals surface area contributed by atoms with Crippen LogP contribution in [0.3, 0.4) is 0 Å². The summed E-state index contributed by atoms with van der Waals surface area (Å²) < 4.78 is 22.3. The average molecular weight is 397 g/mol. The normalized spacial score (nSPS) is 11.9. The van der Waals surface area contributed by atoms with Crippen LogP contribution in [-0.4, -0.2) is 26.2 Å². The van der Waals surface area contributed by atoms with Gasteiger partial charge in [0, 0.05) is 10.9 Å². The standard InChI is InChI=1S/C23H27NO5/c1-6-27-20-10-8-16(12-21(20)28-7-2)15(4)24-23(25)22-14(3)18-13-17(26-5)9-11-19(18)29-22/h8-13,15H,6-7H2,1-5H3,(H,24,25). The molecule has 1 aromatic heterocycles. The summed E-state index contributed by atoms with van der Waals surface area (Å²) in [5, 5.41) is 3.87. The third kappa shape index (κ3) is 4.31. The van der Waals surface area contributed by atoms with E-state index in [1.165, 1.54) is 0 Å². The number of aryl methyl sites for hydroxylation is 1. The van der Waals surface area contributed by atoms with Gasteiger partial charge in [0.1, 0.15) is 11.3 Å². The molecule has 1 amide bonds. The molecule has 2 aromatic carbocycles. The third-order valence-corrected chi connectivity index (χ3v) is 4.76. The van der Waals surface area contributed by atoms with Gasteiger partial charge in [-0.2, -0.15) is 0 Å². The van der Waals surface area contributed by atoms with Crippen molar-refractivity contribution in [3.63, 3.8) is 0 Å². The van der Waals surface area contributed by atoms with Crippen molar-refractivity contribution in [2.24, 2.45) is 0 Å². The number of carbonyl (C=O) groups excluding carboxylic acids is 1. The Kier molecular flexibility index (Phi) is 6.32. The van der Waals surface area contributed by atoms with Crippen molar-refractivity contribution >= 4 is 16.9 Å². The maximum atomic E-state index is 12.9. The minimum Gasteiger partial charge on any atom is -0.497 e. The maximum Gasteiger partial charge on any atom is 0.287 e. The minimum absolute atomic E-state index is 0.237. The van der Waals surface area contributed by atoms with Crippen LogP contribution in [0.5, 0.6) is 17.2 Å². The van der Waals surface area contributed by atoms with Gasteiger partial charge >= 0.3 is 0 Å². The van der Waals surface area contributed by atoms with Gasteiger partial charge in [0.15, 0.2) is 17.3 Å². The van der Waals surface area contributed by atoms with E-state index < -0.39 is 0 Å². The van der Waals surface area contributed by atoms with Crippen molar-refractivity contribution < 1.29 is 23.4 Å². The predicted molar refractivity (Wildman–Crippen MR) is 112 cm³/mol. The fourth-order valence-corrected chi connectivity index (χ4v) is 3.23. The van der Waals surface area contributed by atoms with Crippen molar-refractivity contribution in [3.05, 3.63) is 53.3 Å². The van der Waals surface area contributed by atoms with Crippen LogP contribution >= 0.6 is 0 Å². The number of ether oxygens (including phenoxy) is 3. The molecule has 0 aliphatic rings. The van der Waals surface area contributed by atoms with E-state index in [1.807, 2.05) is 64.1 Å². The highest BCUT2D eigenvalue weighted by Gasteiger charge is 2.21. The van der Waals surface area contributed by atoms with Crippen molar-refractivity contribution in [1.29, 1.82) is 0 Å². The molecule has 0 saturated heterocycles. The molecule has 6 heteroatoms. The first-order valence-electron chi connectivity index (χ1n) is 9.76. The van der Waals surface area contributed by atoms with Gasteiger partial charge in [-0.05, 0) is 63.6 Å². The molecule has 29 heavy (non-hydrogen) atoms. The van der Waals surface area contributed by atoms with Crippen LogP contribution < -0.4 is 19.5 Å². The first-order chi connectivity index (χ1) is 14.0. The van der Waals surface area contributed by atoms with Crippen LogP contribution in [0.15, 0.2) is 40.8 Å². The van der Waals surface area contributed by atoms with Gasteiger partial charge in [-0.15, -0.1) is 0 Å². The zero-order chi connectivity index (χ0) is 21.0. The van der Waals surface area contributed by atoms with Gasteiger partial charge in [0.25, 0.3) is 5.91 Å². The molecule has 1 N–H and O–H groups in total. The Bertz CT molecular complexity index is 1010. The second-order valence-electron chi connectivity index (χ2n) is 6.69. The molecule has 154 valence electrons. The van der Waals surface area contributed by atoms with Crippen molar-refractivity contribution in [2.45, 2.75) is 33.7 Å². The highest BCUT2D eigenvalue weighted by Crippen LogP contribution is 2.32. The second-order valence-corrected chi connectivity index (χ2v) is 6.69. The lowest BCUT2D eigenvalue weighted by molar-refractivity contribution is 0.0913. The van der Waals surface area contributed by atoms with E-state index in [9.17, 15) is 4.79 Å². The molecular weight excluding hydrogens is 370 g/mol. The summed E-state index contributed by atoms with van der Waals surface area (Å²) in [6.45, 7) is 8.73. The first kappa shape index (κ1) is 20.6. The molecule has 0 saturated carbocycles. The Morgan fingerprint density at radius 2 is 1.79 bits per heavy atom. The van der Waals surface area contributed by atoms with E-state index in [1.54, 1.807) is 7.11 Å². The summed E-state index contributed by atoms with van der Waals surface area (Å²) in [5.41, 5.74) is 2.35. The van der Waals surface area contributed by atoms with Gasteiger partial charge in [-0.1, -0.05) is 6.07 Å². The number of nitrogens with one attached hydrogen (secondary N) is 1. The average Bonchev–Trinajstić information content (AvgIpc) is 3.05. The molecule has 1 unspecified atom stereocenters. The molecule has 3 rings (SSSR count). The lowest BCUT2D eigenvalue weighted by Gasteiger charge is -2.17. The smallest absolute Gasteiger partial charge is 0.287 e. The second kappa shape index (κ2) is 8.90.